The normalized spacial score (nSPS) is 11.3. The number of thiophene rings is 1. The average molecular weight is 386 g/mol. The maximum atomic E-state index is 14.3. The average Bonchev–Trinajstić information content (AvgIpc) is 3.06. The summed E-state index contributed by atoms with van der Waals surface area (Å²) < 4.78 is 40.5. The Bertz CT molecular complexity index is 1140. The topological polar surface area (TPSA) is 44.2 Å². The number of benzene rings is 2. The van der Waals surface area contributed by atoms with Gasteiger partial charge >= 0.3 is 0 Å². The molecule has 4 aromatic rings. The lowest BCUT2D eigenvalue weighted by atomic mass is 10.2. The Morgan fingerprint density at radius 1 is 1.07 bits per heavy atom. The van der Waals surface area contributed by atoms with E-state index < -0.39 is 5.82 Å². The summed E-state index contributed by atoms with van der Waals surface area (Å²) in [6, 6.07) is 9.58. The molecule has 0 radical (unpaired) electrons. The number of fused-ring (bicyclic) bond motifs is 3. The van der Waals surface area contributed by atoms with Crippen molar-refractivity contribution in [2.45, 2.75) is 20.0 Å². The number of hydrogen-bond acceptors (Lipinski definition) is 5. The van der Waals surface area contributed by atoms with E-state index in [2.05, 4.69) is 9.97 Å². The second-order valence-corrected chi connectivity index (χ2v) is 7.00. The van der Waals surface area contributed by atoms with Gasteiger partial charge in [0.25, 0.3) is 0 Å². The molecule has 0 saturated heterocycles. The van der Waals surface area contributed by atoms with E-state index in [1.165, 1.54) is 30.6 Å². The molecule has 4 nitrogen and oxygen atoms in total. The van der Waals surface area contributed by atoms with E-state index in [1.54, 1.807) is 18.2 Å². The van der Waals surface area contributed by atoms with Gasteiger partial charge in [0.1, 0.15) is 22.9 Å². The highest BCUT2D eigenvalue weighted by atomic mass is 32.1. The molecule has 0 aliphatic rings. The molecule has 138 valence electrons. The lowest BCUT2D eigenvalue weighted by Gasteiger charge is -2.09. The molecule has 0 aliphatic heterocycles. The lowest BCUT2D eigenvalue weighted by molar-refractivity contribution is 0.296. The van der Waals surface area contributed by atoms with Crippen molar-refractivity contribution < 1.29 is 18.3 Å². The predicted molar refractivity (Wildman–Crippen MR) is 102 cm³/mol. The molecular weight excluding hydrogens is 370 g/mol. The number of halogens is 2. The Balaban J connectivity index is 1.75. The van der Waals surface area contributed by atoms with Gasteiger partial charge in [0.05, 0.1) is 18.0 Å². The lowest BCUT2D eigenvalue weighted by Crippen LogP contribution is -2.02. The first-order valence-corrected chi connectivity index (χ1v) is 9.25. The van der Waals surface area contributed by atoms with Crippen LogP contribution in [0.15, 0.2) is 36.4 Å². The first kappa shape index (κ1) is 17.6. The summed E-state index contributed by atoms with van der Waals surface area (Å²) in [5.74, 6) is 0.360. The fraction of sp³-hybridized carbons (Fsp3) is 0.200. The van der Waals surface area contributed by atoms with Crippen LogP contribution in [0.1, 0.15) is 18.3 Å². The summed E-state index contributed by atoms with van der Waals surface area (Å²) in [6.07, 6.45) is 0.593. The van der Waals surface area contributed by atoms with Crippen LogP contribution in [-0.2, 0) is 13.0 Å². The fourth-order valence-electron chi connectivity index (χ4n) is 2.87. The summed E-state index contributed by atoms with van der Waals surface area (Å²) >= 11 is 1.38. The third-order valence-electron chi connectivity index (χ3n) is 4.21. The molecule has 4 rings (SSSR count). The van der Waals surface area contributed by atoms with E-state index in [9.17, 15) is 8.78 Å². The quantitative estimate of drug-likeness (QED) is 0.469. The maximum absolute atomic E-state index is 14.3. The van der Waals surface area contributed by atoms with Gasteiger partial charge in [-0.1, -0.05) is 19.1 Å². The second-order valence-electron chi connectivity index (χ2n) is 5.95. The third kappa shape index (κ3) is 3.19. The van der Waals surface area contributed by atoms with Gasteiger partial charge in [0, 0.05) is 11.1 Å². The van der Waals surface area contributed by atoms with Gasteiger partial charge in [0.15, 0.2) is 11.6 Å². The standard InChI is InChI=1S/C20H16F2N2O2S/c1-3-16-23-18-17-12(21)5-4-6-15(17)27-19(18)20(24-16)26-10-11-7-8-14(25-2)13(22)9-11/h4-9H,3,10H2,1-2H3. The van der Waals surface area contributed by atoms with E-state index in [4.69, 9.17) is 9.47 Å². The summed E-state index contributed by atoms with van der Waals surface area (Å²) in [7, 11) is 1.42. The molecule has 27 heavy (non-hydrogen) atoms. The maximum Gasteiger partial charge on any atom is 0.235 e. The van der Waals surface area contributed by atoms with Gasteiger partial charge in [-0.15, -0.1) is 11.3 Å². The molecule has 0 atom stereocenters. The molecule has 0 unspecified atom stereocenters. The van der Waals surface area contributed by atoms with Crippen LogP contribution in [0.5, 0.6) is 11.6 Å². The first-order valence-electron chi connectivity index (χ1n) is 8.43. The molecule has 0 fully saturated rings. The summed E-state index contributed by atoms with van der Waals surface area (Å²) in [6.45, 7) is 2.06. The highest BCUT2D eigenvalue weighted by molar-refractivity contribution is 7.26. The fourth-order valence-corrected chi connectivity index (χ4v) is 3.97. The van der Waals surface area contributed by atoms with E-state index in [-0.39, 0.29) is 18.2 Å². The molecule has 0 bridgehead atoms. The Morgan fingerprint density at radius 2 is 1.93 bits per heavy atom. The minimum atomic E-state index is -0.454. The van der Waals surface area contributed by atoms with Crippen LogP contribution in [0.2, 0.25) is 0 Å². The molecule has 2 aromatic heterocycles. The summed E-state index contributed by atoms with van der Waals surface area (Å²) in [5, 5.41) is 0.481. The zero-order valence-corrected chi connectivity index (χ0v) is 15.6. The molecule has 0 spiro atoms. The van der Waals surface area contributed by atoms with Crippen LogP contribution in [0.3, 0.4) is 0 Å². The van der Waals surface area contributed by atoms with Crippen molar-refractivity contribution in [2.24, 2.45) is 0 Å². The van der Waals surface area contributed by atoms with Gasteiger partial charge in [0.2, 0.25) is 5.88 Å². The van der Waals surface area contributed by atoms with Crippen LogP contribution in [-0.4, -0.2) is 17.1 Å². The molecule has 2 aromatic carbocycles. The van der Waals surface area contributed by atoms with Gasteiger partial charge < -0.3 is 9.47 Å². The van der Waals surface area contributed by atoms with E-state index in [0.29, 0.717) is 39.3 Å². The van der Waals surface area contributed by atoms with Crippen LogP contribution >= 0.6 is 11.3 Å². The van der Waals surface area contributed by atoms with Gasteiger partial charge in [-0.2, -0.15) is 4.98 Å². The van der Waals surface area contributed by atoms with Gasteiger partial charge in [-0.25, -0.2) is 13.8 Å². The Morgan fingerprint density at radius 3 is 2.67 bits per heavy atom. The van der Waals surface area contributed by atoms with Crippen molar-refractivity contribution in [2.75, 3.05) is 7.11 Å². The predicted octanol–water partition coefficient (Wildman–Crippen LogP) is 5.27. The Labute approximate surface area is 158 Å². The number of ether oxygens (including phenoxy) is 2. The monoisotopic (exact) mass is 386 g/mol. The molecular formula is C20H16F2N2O2S. The van der Waals surface area contributed by atoms with Crippen molar-refractivity contribution in [1.29, 1.82) is 0 Å². The van der Waals surface area contributed by atoms with E-state index in [0.717, 1.165) is 4.70 Å². The highest BCUT2D eigenvalue weighted by Crippen LogP contribution is 2.38. The van der Waals surface area contributed by atoms with E-state index >= 15 is 0 Å². The Hall–Kier alpha value is -2.80. The number of aryl methyl sites for hydroxylation is 1. The van der Waals surface area contributed by atoms with Crippen molar-refractivity contribution in [3.63, 3.8) is 0 Å². The molecule has 0 N–H and O–H groups in total. The minimum Gasteiger partial charge on any atom is -0.494 e. The summed E-state index contributed by atoms with van der Waals surface area (Å²) in [4.78, 5) is 8.95. The van der Waals surface area contributed by atoms with Gasteiger partial charge in [-0.05, 0) is 29.8 Å². The van der Waals surface area contributed by atoms with Crippen molar-refractivity contribution in [3.05, 3.63) is 59.4 Å². The van der Waals surface area contributed by atoms with Crippen LogP contribution in [0.4, 0.5) is 8.78 Å². The Kier molecular flexibility index (Phi) is 4.61. The first-order chi connectivity index (χ1) is 13.1. The van der Waals surface area contributed by atoms with Crippen molar-refractivity contribution in [1.82, 2.24) is 9.97 Å². The number of methoxy groups -OCH3 is 1. The molecule has 2 heterocycles. The largest absolute Gasteiger partial charge is 0.494 e. The van der Waals surface area contributed by atoms with Gasteiger partial charge in [-0.3, -0.25) is 0 Å². The summed E-state index contributed by atoms with van der Waals surface area (Å²) in [5.41, 5.74) is 1.20. The number of nitrogens with zero attached hydrogens (tertiary/aromatic N) is 2. The highest BCUT2D eigenvalue weighted by Gasteiger charge is 2.17. The molecule has 0 saturated carbocycles. The van der Waals surface area contributed by atoms with Crippen LogP contribution in [0, 0.1) is 11.6 Å². The minimum absolute atomic E-state index is 0.132. The third-order valence-corrected chi connectivity index (χ3v) is 5.35. The zero-order chi connectivity index (χ0) is 19.0. The smallest absolute Gasteiger partial charge is 0.235 e. The van der Waals surface area contributed by atoms with Crippen LogP contribution in [0.25, 0.3) is 20.3 Å². The van der Waals surface area contributed by atoms with E-state index in [1.807, 2.05) is 13.0 Å². The number of aromatic nitrogens is 2. The van der Waals surface area contributed by atoms with Crippen LogP contribution < -0.4 is 9.47 Å². The van der Waals surface area contributed by atoms with Crippen molar-refractivity contribution >= 4 is 31.6 Å². The number of rotatable bonds is 5. The second kappa shape index (κ2) is 7.08. The van der Waals surface area contributed by atoms with Crippen molar-refractivity contribution in [3.8, 4) is 11.6 Å². The molecule has 0 amide bonds. The molecule has 7 heteroatoms. The molecule has 0 aliphatic carbocycles. The number of hydrogen-bond donors (Lipinski definition) is 0. The zero-order valence-electron chi connectivity index (χ0n) is 14.8. The SMILES string of the molecule is CCc1nc(OCc2ccc(OC)c(F)c2)c2sc3cccc(F)c3c2n1.